The number of piperidine rings is 1. The fraction of sp³-hybridized carbons (Fsp3) is 0.300. The largest absolute Gasteiger partial charge is 0.337 e. The first kappa shape index (κ1) is 17.0. The molecule has 26 heavy (non-hydrogen) atoms. The van der Waals surface area contributed by atoms with E-state index >= 15 is 0 Å². The Balaban J connectivity index is 1.72. The first-order chi connectivity index (χ1) is 12.8. The number of nitrogens with zero attached hydrogens (tertiary/aromatic N) is 3. The molecule has 1 aromatic carbocycles. The van der Waals surface area contributed by atoms with Gasteiger partial charge in [-0.15, -0.1) is 11.3 Å². The number of likely N-dealkylation sites (tertiary alicyclic amines) is 1. The minimum absolute atomic E-state index is 0.0653. The number of hydrogen-bond donors (Lipinski definition) is 1. The predicted molar refractivity (Wildman–Crippen MR) is 105 cm³/mol. The molecule has 1 aliphatic rings. The van der Waals surface area contributed by atoms with Crippen molar-refractivity contribution in [3.05, 3.63) is 59.6 Å². The molecule has 4 rings (SSSR count). The van der Waals surface area contributed by atoms with Crippen molar-refractivity contribution >= 4 is 17.2 Å². The van der Waals surface area contributed by atoms with Crippen LogP contribution < -0.4 is 5.32 Å². The summed E-state index contributed by atoms with van der Waals surface area (Å²) in [5, 5.41) is 10.1. The van der Waals surface area contributed by atoms with Gasteiger partial charge < -0.3 is 10.2 Å². The van der Waals surface area contributed by atoms with Crippen LogP contribution in [0.2, 0.25) is 0 Å². The van der Waals surface area contributed by atoms with Gasteiger partial charge in [-0.2, -0.15) is 5.10 Å². The third kappa shape index (κ3) is 3.30. The zero-order valence-electron chi connectivity index (χ0n) is 14.8. The maximum absolute atomic E-state index is 13.3. The monoisotopic (exact) mass is 366 g/mol. The zero-order valence-corrected chi connectivity index (χ0v) is 15.6. The second kappa shape index (κ2) is 7.43. The lowest BCUT2D eigenvalue weighted by Gasteiger charge is -2.32. The van der Waals surface area contributed by atoms with Crippen LogP contribution in [0, 0.1) is 0 Å². The molecule has 1 unspecified atom stereocenters. The van der Waals surface area contributed by atoms with Gasteiger partial charge in [0, 0.05) is 25.3 Å². The van der Waals surface area contributed by atoms with E-state index in [-0.39, 0.29) is 5.91 Å². The van der Waals surface area contributed by atoms with E-state index in [1.807, 2.05) is 70.7 Å². The molecule has 0 spiro atoms. The second-order valence-corrected chi connectivity index (χ2v) is 7.48. The topological polar surface area (TPSA) is 50.2 Å². The van der Waals surface area contributed by atoms with Crippen molar-refractivity contribution in [3.63, 3.8) is 0 Å². The van der Waals surface area contributed by atoms with Crippen LogP contribution in [0.1, 0.15) is 23.2 Å². The Morgan fingerprint density at radius 2 is 2.08 bits per heavy atom. The molecule has 0 bridgehead atoms. The highest BCUT2D eigenvalue weighted by Gasteiger charge is 2.27. The van der Waals surface area contributed by atoms with Gasteiger partial charge in [-0.1, -0.05) is 24.3 Å². The quantitative estimate of drug-likeness (QED) is 0.770. The Labute approximate surface area is 157 Å². The van der Waals surface area contributed by atoms with Crippen LogP contribution >= 0.6 is 11.3 Å². The van der Waals surface area contributed by atoms with E-state index in [1.54, 1.807) is 11.3 Å². The molecular weight excluding hydrogens is 344 g/mol. The summed E-state index contributed by atoms with van der Waals surface area (Å²) in [6.45, 7) is 1.55. The van der Waals surface area contributed by atoms with E-state index in [4.69, 9.17) is 5.10 Å². The van der Waals surface area contributed by atoms with E-state index in [1.165, 1.54) is 0 Å². The van der Waals surface area contributed by atoms with Crippen molar-refractivity contribution in [2.45, 2.75) is 18.9 Å². The minimum atomic E-state index is 0.0653. The molecular formula is C20H22N4OS. The van der Waals surface area contributed by atoms with E-state index < -0.39 is 0 Å². The van der Waals surface area contributed by atoms with Crippen LogP contribution in [0.25, 0.3) is 16.3 Å². The van der Waals surface area contributed by atoms with Crippen molar-refractivity contribution in [2.24, 2.45) is 0 Å². The number of rotatable bonds is 4. The summed E-state index contributed by atoms with van der Waals surface area (Å²) in [6, 6.07) is 14.3. The fourth-order valence-electron chi connectivity index (χ4n) is 3.41. The Morgan fingerprint density at radius 1 is 1.23 bits per heavy atom. The summed E-state index contributed by atoms with van der Waals surface area (Å²) in [7, 11) is 1.96. The lowest BCUT2D eigenvalue weighted by atomic mass is 10.0. The maximum Gasteiger partial charge on any atom is 0.257 e. The SMILES string of the molecule is CNC1CCCN(C(=O)c2cn(-c3ccccc3)nc2-c2cccs2)C1. The Hall–Kier alpha value is -2.44. The molecule has 5 nitrogen and oxygen atoms in total. The smallest absolute Gasteiger partial charge is 0.257 e. The predicted octanol–water partition coefficient (Wildman–Crippen LogP) is 3.42. The van der Waals surface area contributed by atoms with Crippen LogP contribution in [0.4, 0.5) is 0 Å². The molecule has 1 N–H and O–H groups in total. The standard InChI is InChI=1S/C20H22N4OS/c1-21-15-7-5-11-23(13-15)20(25)17-14-24(16-8-3-2-4-9-16)22-19(17)18-10-6-12-26-18/h2-4,6,8-10,12,14-15,21H,5,7,11,13H2,1H3. The molecule has 134 valence electrons. The van der Waals surface area contributed by atoms with E-state index in [0.717, 1.165) is 42.2 Å². The highest BCUT2D eigenvalue weighted by molar-refractivity contribution is 7.13. The summed E-state index contributed by atoms with van der Waals surface area (Å²) in [4.78, 5) is 16.2. The number of benzene rings is 1. The summed E-state index contributed by atoms with van der Waals surface area (Å²) >= 11 is 1.61. The summed E-state index contributed by atoms with van der Waals surface area (Å²) in [5.74, 6) is 0.0653. The molecule has 3 aromatic rings. The molecule has 1 fully saturated rings. The molecule has 6 heteroatoms. The highest BCUT2D eigenvalue weighted by atomic mass is 32.1. The molecule has 1 aliphatic heterocycles. The maximum atomic E-state index is 13.3. The van der Waals surface area contributed by atoms with Gasteiger partial charge in [0.15, 0.2) is 0 Å². The van der Waals surface area contributed by atoms with E-state index in [2.05, 4.69) is 5.32 Å². The summed E-state index contributed by atoms with van der Waals surface area (Å²) in [5.41, 5.74) is 2.39. The van der Waals surface area contributed by atoms with Crippen molar-refractivity contribution in [3.8, 4) is 16.3 Å². The molecule has 1 atom stereocenters. The normalized spacial score (nSPS) is 17.4. The van der Waals surface area contributed by atoms with Crippen molar-refractivity contribution < 1.29 is 4.79 Å². The fourth-order valence-corrected chi connectivity index (χ4v) is 4.13. The van der Waals surface area contributed by atoms with Gasteiger partial charge in [0.2, 0.25) is 0 Å². The van der Waals surface area contributed by atoms with Gasteiger partial charge in [0.25, 0.3) is 5.91 Å². The number of carbonyl (C=O) groups excluding carboxylic acids is 1. The molecule has 1 saturated heterocycles. The minimum Gasteiger partial charge on any atom is -0.337 e. The molecule has 0 saturated carbocycles. The number of aromatic nitrogens is 2. The average molecular weight is 366 g/mol. The first-order valence-corrected chi connectivity index (χ1v) is 9.79. The molecule has 2 aromatic heterocycles. The number of carbonyl (C=O) groups is 1. The van der Waals surface area contributed by atoms with Crippen molar-refractivity contribution in [1.29, 1.82) is 0 Å². The summed E-state index contributed by atoms with van der Waals surface area (Å²) < 4.78 is 1.81. The van der Waals surface area contributed by atoms with Gasteiger partial charge in [0.1, 0.15) is 5.69 Å². The van der Waals surface area contributed by atoms with Crippen LogP contribution in [-0.2, 0) is 0 Å². The van der Waals surface area contributed by atoms with Gasteiger partial charge in [-0.25, -0.2) is 4.68 Å². The van der Waals surface area contributed by atoms with Gasteiger partial charge in [-0.3, -0.25) is 4.79 Å². The third-order valence-corrected chi connectivity index (χ3v) is 5.71. The first-order valence-electron chi connectivity index (χ1n) is 8.92. The van der Waals surface area contributed by atoms with Crippen molar-refractivity contribution in [1.82, 2.24) is 20.0 Å². The number of nitrogens with one attached hydrogen (secondary N) is 1. The Kier molecular flexibility index (Phi) is 4.86. The number of hydrogen-bond acceptors (Lipinski definition) is 4. The van der Waals surface area contributed by atoms with Gasteiger partial charge >= 0.3 is 0 Å². The number of likely N-dealkylation sites (N-methyl/N-ethyl adjacent to an activating group) is 1. The lowest BCUT2D eigenvalue weighted by Crippen LogP contribution is -2.47. The second-order valence-electron chi connectivity index (χ2n) is 6.53. The average Bonchev–Trinajstić information content (AvgIpc) is 3.38. The van der Waals surface area contributed by atoms with Crippen LogP contribution in [0.3, 0.4) is 0 Å². The number of para-hydroxylation sites is 1. The van der Waals surface area contributed by atoms with Gasteiger partial charge in [0.05, 0.1) is 16.1 Å². The number of thiophene rings is 1. The molecule has 0 radical (unpaired) electrons. The van der Waals surface area contributed by atoms with Crippen LogP contribution in [0.5, 0.6) is 0 Å². The van der Waals surface area contributed by atoms with Crippen LogP contribution in [0.15, 0.2) is 54.0 Å². The highest BCUT2D eigenvalue weighted by Crippen LogP contribution is 2.29. The lowest BCUT2D eigenvalue weighted by molar-refractivity contribution is 0.0699. The third-order valence-electron chi connectivity index (χ3n) is 4.84. The molecule has 0 aliphatic carbocycles. The van der Waals surface area contributed by atoms with E-state index in [0.29, 0.717) is 11.6 Å². The van der Waals surface area contributed by atoms with Crippen molar-refractivity contribution in [2.75, 3.05) is 20.1 Å². The van der Waals surface area contributed by atoms with Crippen LogP contribution in [-0.4, -0.2) is 46.8 Å². The Morgan fingerprint density at radius 3 is 2.81 bits per heavy atom. The summed E-state index contributed by atoms with van der Waals surface area (Å²) in [6.07, 6.45) is 4.01. The van der Waals surface area contributed by atoms with E-state index in [9.17, 15) is 4.79 Å². The molecule has 3 heterocycles. The zero-order chi connectivity index (χ0) is 17.9. The number of amides is 1. The van der Waals surface area contributed by atoms with Gasteiger partial charge in [-0.05, 0) is 43.5 Å². The molecule has 1 amide bonds. The Bertz CT molecular complexity index is 873.